The molecule has 1 heterocycles. The third-order valence-corrected chi connectivity index (χ3v) is 5.24. The lowest BCUT2D eigenvalue weighted by atomic mass is 9.95. The van der Waals surface area contributed by atoms with Crippen LogP contribution < -0.4 is 19.5 Å². The maximum absolute atomic E-state index is 12.8. The average Bonchev–Trinajstić information content (AvgIpc) is 2.74. The Hall–Kier alpha value is -2.73. The zero-order valence-corrected chi connectivity index (χ0v) is 17.4. The first-order valence-corrected chi connectivity index (χ1v) is 10.1. The molecule has 156 valence electrons. The summed E-state index contributed by atoms with van der Waals surface area (Å²) >= 11 is 0. The minimum absolute atomic E-state index is 0.00286. The van der Waals surface area contributed by atoms with Crippen LogP contribution in [0.15, 0.2) is 42.5 Å². The molecule has 1 amide bonds. The van der Waals surface area contributed by atoms with Crippen molar-refractivity contribution in [2.24, 2.45) is 5.92 Å². The fraction of sp³-hybridized carbons (Fsp3) is 0.435. The molecule has 0 spiro atoms. The molecule has 29 heavy (non-hydrogen) atoms. The second kappa shape index (κ2) is 10.2. The van der Waals surface area contributed by atoms with E-state index in [0.29, 0.717) is 23.8 Å². The lowest BCUT2D eigenvalue weighted by Gasteiger charge is -2.31. The van der Waals surface area contributed by atoms with Gasteiger partial charge in [0.1, 0.15) is 17.2 Å². The number of amides is 1. The lowest BCUT2D eigenvalue weighted by Crippen LogP contribution is -2.37. The highest BCUT2D eigenvalue weighted by Gasteiger charge is 2.25. The molecule has 1 aliphatic heterocycles. The molecule has 6 nitrogen and oxygen atoms in total. The van der Waals surface area contributed by atoms with Gasteiger partial charge in [0, 0.05) is 18.5 Å². The highest BCUT2D eigenvalue weighted by Crippen LogP contribution is 2.30. The number of nitrogens with one attached hydrogen (secondary N) is 1. The summed E-state index contributed by atoms with van der Waals surface area (Å²) in [6.45, 7) is 5.32. The Balaban J connectivity index is 1.54. The van der Waals surface area contributed by atoms with Gasteiger partial charge in [0.2, 0.25) is 5.91 Å². The van der Waals surface area contributed by atoms with Crippen molar-refractivity contribution in [1.82, 2.24) is 4.90 Å². The number of methoxy groups -OCH3 is 2. The van der Waals surface area contributed by atoms with Gasteiger partial charge in [-0.2, -0.15) is 0 Å². The first kappa shape index (κ1) is 21.0. The van der Waals surface area contributed by atoms with Gasteiger partial charge in [-0.1, -0.05) is 12.1 Å². The summed E-state index contributed by atoms with van der Waals surface area (Å²) in [5.74, 6) is 2.26. The summed E-state index contributed by atoms with van der Waals surface area (Å²) in [6, 6.07) is 13.6. The second-order valence-corrected chi connectivity index (χ2v) is 7.19. The molecule has 0 bridgehead atoms. The standard InChI is InChI=1S/C23H30N2O4/c1-4-29-20-7-5-6-17(14-20)16-25-12-10-18(11-13-25)23(26)24-21-15-19(27-2)8-9-22(21)28-3/h5-9,14-15,18H,4,10-13,16H2,1-3H3,(H,24,26). The Labute approximate surface area is 172 Å². The van der Waals surface area contributed by atoms with Crippen LogP contribution in [0.3, 0.4) is 0 Å². The summed E-state index contributed by atoms with van der Waals surface area (Å²) in [7, 11) is 3.20. The lowest BCUT2D eigenvalue weighted by molar-refractivity contribution is -0.121. The molecule has 1 saturated heterocycles. The first-order valence-electron chi connectivity index (χ1n) is 10.1. The maximum atomic E-state index is 12.8. The Kier molecular flexibility index (Phi) is 7.36. The molecule has 0 radical (unpaired) electrons. The van der Waals surface area contributed by atoms with Gasteiger partial charge in [-0.15, -0.1) is 0 Å². The van der Waals surface area contributed by atoms with Gasteiger partial charge in [-0.3, -0.25) is 9.69 Å². The van der Waals surface area contributed by atoms with Crippen molar-refractivity contribution in [3.8, 4) is 17.2 Å². The van der Waals surface area contributed by atoms with E-state index >= 15 is 0 Å². The van der Waals surface area contributed by atoms with Gasteiger partial charge in [0.25, 0.3) is 0 Å². The van der Waals surface area contributed by atoms with E-state index in [0.717, 1.165) is 38.2 Å². The van der Waals surface area contributed by atoms with Crippen molar-refractivity contribution < 1.29 is 19.0 Å². The summed E-state index contributed by atoms with van der Waals surface area (Å²) in [5.41, 5.74) is 1.88. The van der Waals surface area contributed by atoms with Crippen molar-refractivity contribution in [1.29, 1.82) is 0 Å². The van der Waals surface area contributed by atoms with Crippen LogP contribution in [0.4, 0.5) is 5.69 Å². The summed E-state index contributed by atoms with van der Waals surface area (Å²) in [6.07, 6.45) is 1.67. The fourth-order valence-electron chi connectivity index (χ4n) is 3.66. The minimum Gasteiger partial charge on any atom is -0.497 e. The summed E-state index contributed by atoms with van der Waals surface area (Å²) < 4.78 is 16.2. The first-order chi connectivity index (χ1) is 14.1. The van der Waals surface area contributed by atoms with Gasteiger partial charge in [0.05, 0.1) is 26.5 Å². The molecule has 0 aromatic heterocycles. The molecular formula is C23H30N2O4. The number of hydrogen-bond donors (Lipinski definition) is 1. The van der Waals surface area contributed by atoms with Crippen LogP contribution in [-0.2, 0) is 11.3 Å². The number of benzene rings is 2. The van der Waals surface area contributed by atoms with Crippen LogP contribution >= 0.6 is 0 Å². The van der Waals surface area contributed by atoms with Crippen molar-refractivity contribution in [3.05, 3.63) is 48.0 Å². The Morgan fingerprint density at radius 3 is 2.55 bits per heavy atom. The highest BCUT2D eigenvalue weighted by atomic mass is 16.5. The minimum atomic E-state index is -0.00286. The number of ether oxygens (including phenoxy) is 3. The molecule has 1 fully saturated rings. The van der Waals surface area contributed by atoms with Crippen molar-refractivity contribution in [3.63, 3.8) is 0 Å². The molecule has 2 aromatic rings. The molecule has 0 saturated carbocycles. The van der Waals surface area contributed by atoms with Crippen LogP contribution in [0.25, 0.3) is 0 Å². The largest absolute Gasteiger partial charge is 0.497 e. The average molecular weight is 399 g/mol. The third-order valence-electron chi connectivity index (χ3n) is 5.24. The van der Waals surface area contributed by atoms with Crippen molar-refractivity contribution in [2.75, 3.05) is 39.2 Å². The van der Waals surface area contributed by atoms with Gasteiger partial charge in [0.15, 0.2) is 0 Å². The van der Waals surface area contributed by atoms with E-state index in [-0.39, 0.29) is 11.8 Å². The van der Waals surface area contributed by atoms with E-state index in [4.69, 9.17) is 14.2 Å². The molecule has 2 aromatic carbocycles. The van der Waals surface area contributed by atoms with Crippen LogP contribution in [0.2, 0.25) is 0 Å². The zero-order chi connectivity index (χ0) is 20.6. The molecule has 0 unspecified atom stereocenters. The molecule has 0 aliphatic carbocycles. The molecular weight excluding hydrogens is 368 g/mol. The van der Waals surface area contributed by atoms with E-state index in [1.807, 2.05) is 25.1 Å². The van der Waals surface area contributed by atoms with Crippen LogP contribution in [0.5, 0.6) is 17.2 Å². The summed E-state index contributed by atoms with van der Waals surface area (Å²) in [4.78, 5) is 15.2. The number of anilines is 1. The van der Waals surface area contributed by atoms with E-state index in [1.54, 1.807) is 26.4 Å². The second-order valence-electron chi connectivity index (χ2n) is 7.19. The maximum Gasteiger partial charge on any atom is 0.227 e. The third kappa shape index (κ3) is 5.64. The van der Waals surface area contributed by atoms with Gasteiger partial charge in [-0.05, 0) is 62.7 Å². The normalized spacial score (nSPS) is 15.0. The Morgan fingerprint density at radius 2 is 1.86 bits per heavy atom. The van der Waals surface area contributed by atoms with E-state index in [1.165, 1.54) is 5.56 Å². The molecule has 6 heteroatoms. The van der Waals surface area contributed by atoms with Crippen LogP contribution in [0, 0.1) is 5.92 Å². The topological polar surface area (TPSA) is 60.0 Å². The number of piperidine rings is 1. The van der Waals surface area contributed by atoms with Gasteiger partial charge >= 0.3 is 0 Å². The quantitative estimate of drug-likeness (QED) is 0.730. The SMILES string of the molecule is CCOc1cccc(CN2CCC(C(=O)Nc3cc(OC)ccc3OC)CC2)c1. The van der Waals surface area contributed by atoms with Gasteiger partial charge < -0.3 is 19.5 Å². The van der Waals surface area contributed by atoms with Crippen molar-refractivity contribution in [2.45, 2.75) is 26.3 Å². The highest BCUT2D eigenvalue weighted by molar-refractivity contribution is 5.94. The number of hydrogen-bond acceptors (Lipinski definition) is 5. The number of carbonyl (C=O) groups is 1. The number of nitrogens with zero attached hydrogens (tertiary/aromatic N) is 1. The molecule has 0 atom stereocenters. The van der Waals surface area contributed by atoms with Crippen LogP contribution in [-0.4, -0.2) is 44.7 Å². The predicted molar refractivity (Wildman–Crippen MR) is 114 cm³/mol. The predicted octanol–water partition coefficient (Wildman–Crippen LogP) is 3.95. The summed E-state index contributed by atoms with van der Waals surface area (Å²) in [5, 5.41) is 3.01. The van der Waals surface area contributed by atoms with E-state index in [2.05, 4.69) is 22.3 Å². The van der Waals surface area contributed by atoms with E-state index in [9.17, 15) is 4.79 Å². The number of carbonyl (C=O) groups excluding carboxylic acids is 1. The molecule has 3 rings (SSSR count). The Bertz CT molecular complexity index is 816. The number of rotatable bonds is 8. The van der Waals surface area contributed by atoms with Gasteiger partial charge in [-0.25, -0.2) is 0 Å². The molecule has 1 N–H and O–H groups in total. The van der Waals surface area contributed by atoms with Crippen LogP contribution in [0.1, 0.15) is 25.3 Å². The smallest absolute Gasteiger partial charge is 0.227 e. The fourth-order valence-corrected chi connectivity index (χ4v) is 3.66. The zero-order valence-electron chi connectivity index (χ0n) is 17.4. The van der Waals surface area contributed by atoms with Crippen molar-refractivity contribution >= 4 is 11.6 Å². The number of likely N-dealkylation sites (tertiary alicyclic amines) is 1. The monoisotopic (exact) mass is 398 g/mol. The molecule has 1 aliphatic rings. The van der Waals surface area contributed by atoms with E-state index < -0.39 is 0 Å². The Morgan fingerprint density at radius 1 is 1.07 bits per heavy atom.